The number of allylic oxidation sites excluding steroid dienone is 6. The van der Waals surface area contributed by atoms with E-state index in [0.717, 1.165) is 6.42 Å². The van der Waals surface area contributed by atoms with E-state index in [1.807, 2.05) is 24.3 Å². The highest BCUT2D eigenvalue weighted by Gasteiger charge is 1.74. The van der Waals surface area contributed by atoms with Crippen LogP contribution in [0.2, 0.25) is 0 Å². The van der Waals surface area contributed by atoms with Gasteiger partial charge in [0, 0.05) is 0 Å². The molecular weight excluding hydrogens is 174 g/mol. The van der Waals surface area contributed by atoms with Crippen molar-refractivity contribution in [2.24, 2.45) is 10.3 Å². The molecule has 3 heteroatoms. The van der Waals surface area contributed by atoms with Gasteiger partial charge in [-0.1, -0.05) is 55.4 Å². The molecule has 0 heterocycles. The number of hydrogen-bond acceptors (Lipinski definition) is 2. The van der Waals surface area contributed by atoms with E-state index in [-0.39, 0.29) is 0 Å². The van der Waals surface area contributed by atoms with Gasteiger partial charge in [-0.2, -0.15) is 5.53 Å². The summed E-state index contributed by atoms with van der Waals surface area (Å²) < 4.78 is 0. The van der Waals surface area contributed by atoms with Crippen LogP contribution in [0.15, 0.2) is 46.8 Å². The number of nitrogens with zero attached hydrogens (tertiary/aromatic N) is 2. The molecule has 0 aromatic rings. The lowest BCUT2D eigenvalue weighted by molar-refractivity contribution is 0.815. The predicted octanol–water partition coefficient (Wildman–Crippen LogP) is 3.86. The van der Waals surface area contributed by atoms with Crippen molar-refractivity contribution in [1.82, 2.24) is 0 Å². The van der Waals surface area contributed by atoms with E-state index in [1.54, 1.807) is 6.08 Å². The fourth-order valence-electron chi connectivity index (χ4n) is 0.811. The minimum Gasteiger partial charge on any atom is -0.185 e. The molecule has 76 valence electrons. The zero-order valence-electron chi connectivity index (χ0n) is 8.56. The second kappa shape index (κ2) is 11.5. The van der Waals surface area contributed by atoms with Crippen LogP contribution in [0.5, 0.6) is 0 Å². The third-order valence-corrected chi connectivity index (χ3v) is 1.52. The maximum absolute atomic E-state index is 6.38. The Morgan fingerprint density at radius 3 is 2.50 bits per heavy atom. The van der Waals surface area contributed by atoms with Gasteiger partial charge >= 0.3 is 0 Å². The van der Waals surface area contributed by atoms with Gasteiger partial charge in [0.1, 0.15) is 0 Å². The highest BCUT2D eigenvalue weighted by molar-refractivity contribution is 5.71. The number of rotatable bonds is 7. The maximum Gasteiger partial charge on any atom is 0.0513 e. The van der Waals surface area contributed by atoms with Gasteiger partial charge in [-0.05, 0) is 12.5 Å². The zero-order chi connectivity index (χ0) is 10.5. The molecule has 0 aliphatic carbocycles. The van der Waals surface area contributed by atoms with Crippen molar-refractivity contribution >= 4 is 6.21 Å². The molecule has 0 bridgehead atoms. The van der Waals surface area contributed by atoms with Crippen LogP contribution in [0.1, 0.15) is 26.2 Å². The first kappa shape index (κ1) is 12.5. The van der Waals surface area contributed by atoms with Gasteiger partial charge in [0.25, 0.3) is 0 Å². The normalized spacial score (nSPS) is 12.6. The van der Waals surface area contributed by atoms with Crippen molar-refractivity contribution in [3.8, 4) is 0 Å². The molecule has 0 atom stereocenters. The number of nitrogens with one attached hydrogen (secondary N) is 1. The number of unbranched alkanes of at least 4 members (excludes halogenated alkanes) is 2. The molecule has 0 spiro atoms. The molecule has 0 radical (unpaired) electrons. The maximum atomic E-state index is 6.38. The Balaban J connectivity index is 3.52. The van der Waals surface area contributed by atoms with Crippen LogP contribution < -0.4 is 0 Å². The van der Waals surface area contributed by atoms with E-state index in [0.29, 0.717) is 0 Å². The quantitative estimate of drug-likeness (QED) is 0.209. The lowest BCUT2D eigenvalue weighted by Gasteiger charge is -1.84. The Bertz CT molecular complexity index is 237. The van der Waals surface area contributed by atoms with Crippen LogP contribution in [0.25, 0.3) is 0 Å². The highest BCUT2D eigenvalue weighted by atomic mass is 15.3. The lowest BCUT2D eigenvalue weighted by atomic mass is 10.2. The molecule has 0 fully saturated rings. The summed E-state index contributed by atoms with van der Waals surface area (Å²) in [5.74, 6) is 0. The van der Waals surface area contributed by atoms with Gasteiger partial charge in [0.2, 0.25) is 0 Å². The zero-order valence-corrected chi connectivity index (χ0v) is 8.56. The summed E-state index contributed by atoms with van der Waals surface area (Å²) in [5.41, 5.74) is 6.38. The molecule has 3 nitrogen and oxygen atoms in total. The SMILES string of the molecule is CCCCC=CC=CC=C/C=N/N=N. The Morgan fingerprint density at radius 2 is 1.79 bits per heavy atom. The summed E-state index contributed by atoms with van der Waals surface area (Å²) in [6, 6.07) is 0. The van der Waals surface area contributed by atoms with Gasteiger partial charge in [-0.15, -0.1) is 5.10 Å². The predicted molar refractivity (Wildman–Crippen MR) is 60.6 cm³/mol. The third-order valence-electron chi connectivity index (χ3n) is 1.52. The molecule has 0 aliphatic rings. The second-order valence-electron chi connectivity index (χ2n) is 2.70. The van der Waals surface area contributed by atoms with E-state index in [1.165, 1.54) is 19.1 Å². The first-order valence-corrected chi connectivity index (χ1v) is 4.80. The summed E-state index contributed by atoms with van der Waals surface area (Å²) >= 11 is 0. The van der Waals surface area contributed by atoms with E-state index in [2.05, 4.69) is 23.3 Å². The monoisotopic (exact) mass is 191 g/mol. The first-order valence-electron chi connectivity index (χ1n) is 4.80. The molecular formula is C11H17N3. The molecule has 0 unspecified atom stereocenters. The largest absolute Gasteiger partial charge is 0.185 e. The Kier molecular flexibility index (Phi) is 10.3. The van der Waals surface area contributed by atoms with Gasteiger partial charge < -0.3 is 0 Å². The van der Waals surface area contributed by atoms with Gasteiger partial charge in [-0.3, -0.25) is 0 Å². The van der Waals surface area contributed by atoms with Crippen molar-refractivity contribution in [3.05, 3.63) is 36.5 Å². The second-order valence-corrected chi connectivity index (χ2v) is 2.70. The number of hydrogen-bond donors (Lipinski definition) is 1. The Morgan fingerprint density at radius 1 is 1.07 bits per heavy atom. The average molecular weight is 191 g/mol. The molecule has 1 N–H and O–H groups in total. The van der Waals surface area contributed by atoms with Crippen LogP contribution in [0.3, 0.4) is 0 Å². The topological polar surface area (TPSA) is 48.6 Å². The van der Waals surface area contributed by atoms with Crippen molar-refractivity contribution < 1.29 is 0 Å². The molecule has 14 heavy (non-hydrogen) atoms. The van der Waals surface area contributed by atoms with Crippen LogP contribution in [0, 0.1) is 5.53 Å². The van der Waals surface area contributed by atoms with Crippen molar-refractivity contribution in [2.75, 3.05) is 0 Å². The summed E-state index contributed by atoms with van der Waals surface area (Å²) in [4.78, 5) is 0. The van der Waals surface area contributed by atoms with Gasteiger partial charge in [-0.25, -0.2) is 0 Å². The summed E-state index contributed by atoms with van der Waals surface area (Å²) in [5, 5.41) is 6.19. The first-order chi connectivity index (χ1) is 6.91. The molecule has 0 amide bonds. The molecule has 0 aromatic carbocycles. The van der Waals surface area contributed by atoms with Crippen LogP contribution >= 0.6 is 0 Å². The minimum absolute atomic E-state index is 1.14. The summed E-state index contributed by atoms with van der Waals surface area (Å²) in [6.07, 6.45) is 16.7. The average Bonchev–Trinajstić information content (AvgIpc) is 2.21. The molecule has 0 aromatic heterocycles. The molecule has 0 aliphatic heterocycles. The van der Waals surface area contributed by atoms with E-state index < -0.39 is 0 Å². The van der Waals surface area contributed by atoms with E-state index >= 15 is 0 Å². The van der Waals surface area contributed by atoms with Crippen LogP contribution in [0.4, 0.5) is 0 Å². The fraction of sp³-hybridized carbons (Fsp3) is 0.364. The molecule has 0 rings (SSSR count). The minimum atomic E-state index is 1.14. The lowest BCUT2D eigenvalue weighted by Crippen LogP contribution is -1.65. The third kappa shape index (κ3) is 10.5. The van der Waals surface area contributed by atoms with Gasteiger partial charge in [0.15, 0.2) is 0 Å². The van der Waals surface area contributed by atoms with Gasteiger partial charge in [0.05, 0.1) is 6.21 Å². The smallest absolute Gasteiger partial charge is 0.0513 e. The van der Waals surface area contributed by atoms with Crippen LogP contribution in [-0.4, -0.2) is 6.21 Å². The van der Waals surface area contributed by atoms with Crippen molar-refractivity contribution in [3.63, 3.8) is 0 Å². The van der Waals surface area contributed by atoms with Crippen molar-refractivity contribution in [1.29, 1.82) is 5.53 Å². The van der Waals surface area contributed by atoms with Crippen molar-refractivity contribution in [2.45, 2.75) is 26.2 Å². The fourth-order valence-corrected chi connectivity index (χ4v) is 0.811. The van der Waals surface area contributed by atoms with E-state index in [4.69, 9.17) is 5.53 Å². The Hall–Kier alpha value is -1.51. The highest BCUT2D eigenvalue weighted by Crippen LogP contribution is 1.94. The van der Waals surface area contributed by atoms with Crippen LogP contribution in [-0.2, 0) is 0 Å². The summed E-state index contributed by atoms with van der Waals surface area (Å²) in [6.45, 7) is 2.18. The van der Waals surface area contributed by atoms with E-state index in [9.17, 15) is 0 Å². The molecule has 0 saturated heterocycles. The molecule has 0 saturated carbocycles. The Labute approximate surface area is 85.4 Å². The standard InChI is InChI=1S/C11H17N3/c1-2-3-4-5-6-7-8-9-10-11-13-14-12/h5-12H,2-4H2,1H3/b6-5?,8-7?,10-9?,13-11+,14-12?. The summed E-state index contributed by atoms with van der Waals surface area (Å²) in [7, 11) is 0.